The zero-order chi connectivity index (χ0) is 13.1. The van der Waals surface area contributed by atoms with Gasteiger partial charge in [0, 0.05) is 0 Å². The van der Waals surface area contributed by atoms with E-state index in [9.17, 15) is 13.2 Å². The third-order valence-corrected chi connectivity index (χ3v) is 3.10. The van der Waals surface area contributed by atoms with E-state index in [1.54, 1.807) is 12.1 Å². The summed E-state index contributed by atoms with van der Waals surface area (Å²) in [5.41, 5.74) is 6.17. The van der Waals surface area contributed by atoms with Gasteiger partial charge in [0.25, 0.3) is 0 Å². The van der Waals surface area contributed by atoms with E-state index >= 15 is 0 Å². The largest absolute Gasteiger partial charge is 0.468 e. The highest BCUT2D eigenvalue weighted by Crippen LogP contribution is 2.11. The predicted molar refractivity (Wildman–Crippen MR) is 61.5 cm³/mol. The molecule has 0 heterocycles. The van der Waals surface area contributed by atoms with Crippen LogP contribution in [0.1, 0.15) is 5.56 Å². The topological polar surface area (TPSA) is 112 Å². The Bertz CT molecular complexity index is 513. The van der Waals surface area contributed by atoms with E-state index < -0.39 is 22.0 Å². The lowest BCUT2D eigenvalue weighted by molar-refractivity contribution is -0.142. The fourth-order valence-electron chi connectivity index (χ4n) is 1.34. The van der Waals surface area contributed by atoms with Gasteiger partial charge in [0.2, 0.25) is 10.0 Å². The number of nitrogens with two attached hydrogens (primary N) is 2. The van der Waals surface area contributed by atoms with Crippen molar-refractivity contribution in [1.82, 2.24) is 0 Å². The summed E-state index contributed by atoms with van der Waals surface area (Å²) in [6.45, 7) is 0. The van der Waals surface area contributed by atoms with Gasteiger partial charge in [-0.05, 0) is 24.1 Å². The highest BCUT2D eigenvalue weighted by atomic mass is 32.2. The lowest BCUT2D eigenvalue weighted by Crippen LogP contribution is -2.33. The van der Waals surface area contributed by atoms with Gasteiger partial charge in [-0.2, -0.15) is 0 Å². The number of sulfonamides is 1. The summed E-state index contributed by atoms with van der Waals surface area (Å²) in [7, 11) is -2.50. The first kappa shape index (κ1) is 13.6. The molecular weight excluding hydrogens is 244 g/mol. The zero-order valence-electron chi connectivity index (χ0n) is 9.29. The molecule has 0 aliphatic carbocycles. The average molecular weight is 258 g/mol. The molecule has 0 aliphatic rings. The molecule has 0 aliphatic heterocycles. The maximum atomic E-state index is 11.1. The minimum atomic E-state index is -3.74. The first-order chi connectivity index (χ1) is 7.84. The van der Waals surface area contributed by atoms with Gasteiger partial charge in [0.15, 0.2) is 0 Å². The van der Waals surface area contributed by atoms with Crippen molar-refractivity contribution < 1.29 is 17.9 Å². The van der Waals surface area contributed by atoms with Gasteiger partial charge in [0.1, 0.15) is 6.04 Å². The highest BCUT2D eigenvalue weighted by Gasteiger charge is 2.15. The van der Waals surface area contributed by atoms with Crippen LogP contribution in [0.15, 0.2) is 29.2 Å². The number of benzene rings is 1. The van der Waals surface area contributed by atoms with E-state index in [1.165, 1.54) is 19.2 Å². The second kappa shape index (κ2) is 5.26. The molecule has 1 rings (SSSR count). The fourth-order valence-corrected chi connectivity index (χ4v) is 1.92. The molecule has 7 heteroatoms. The molecular formula is C10H14N2O4S. The van der Waals surface area contributed by atoms with Crippen molar-refractivity contribution in [2.75, 3.05) is 7.11 Å². The fraction of sp³-hybridized carbons (Fsp3) is 0.300. The smallest absolute Gasteiger partial charge is 0.322 e. The van der Waals surface area contributed by atoms with Crippen molar-refractivity contribution in [2.45, 2.75) is 17.4 Å². The maximum Gasteiger partial charge on any atom is 0.322 e. The lowest BCUT2D eigenvalue weighted by atomic mass is 10.1. The Kier molecular flexibility index (Phi) is 4.22. The number of primary sulfonamides is 1. The molecule has 0 aromatic heterocycles. The third-order valence-electron chi connectivity index (χ3n) is 2.19. The first-order valence-corrected chi connectivity index (χ1v) is 6.34. The summed E-state index contributed by atoms with van der Waals surface area (Å²) in [5, 5.41) is 4.99. The number of rotatable bonds is 4. The van der Waals surface area contributed by atoms with Crippen molar-refractivity contribution in [3.05, 3.63) is 29.8 Å². The number of carbonyl (C=O) groups excluding carboxylic acids is 1. The summed E-state index contributed by atoms with van der Waals surface area (Å²) in [4.78, 5) is 11.1. The quantitative estimate of drug-likeness (QED) is 0.699. The van der Waals surface area contributed by atoms with E-state index in [-0.39, 0.29) is 11.3 Å². The first-order valence-electron chi connectivity index (χ1n) is 4.79. The van der Waals surface area contributed by atoms with Gasteiger partial charge in [-0.1, -0.05) is 12.1 Å². The molecule has 17 heavy (non-hydrogen) atoms. The Labute approximate surface area is 99.6 Å². The SMILES string of the molecule is COC(=O)[C@@H](N)Cc1cccc(S(N)(=O)=O)c1. The van der Waals surface area contributed by atoms with Crippen molar-refractivity contribution in [1.29, 1.82) is 0 Å². The Morgan fingerprint density at radius 1 is 1.47 bits per heavy atom. The van der Waals surface area contributed by atoms with Gasteiger partial charge in [0.05, 0.1) is 12.0 Å². The van der Waals surface area contributed by atoms with Crippen LogP contribution in [0.5, 0.6) is 0 Å². The standard InChI is InChI=1S/C10H14N2O4S/c1-16-10(13)9(11)6-7-3-2-4-8(5-7)17(12,14)15/h2-5,9H,6,11H2,1H3,(H2,12,14,15)/t9-/m0/s1. The summed E-state index contributed by atoms with van der Waals surface area (Å²) in [5.74, 6) is -0.550. The molecule has 4 N–H and O–H groups in total. The predicted octanol–water partition coefficient (Wildman–Crippen LogP) is -0.623. The summed E-state index contributed by atoms with van der Waals surface area (Å²) < 4.78 is 26.7. The summed E-state index contributed by atoms with van der Waals surface area (Å²) in [6, 6.07) is 5.15. The molecule has 0 spiro atoms. The molecule has 0 fully saturated rings. The molecule has 0 amide bonds. The Hall–Kier alpha value is -1.44. The van der Waals surface area contributed by atoms with Gasteiger partial charge in [-0.3, -0.25) is 4.79 Å². The molecule has 1 aromatic rings. The monoisotopic (exact) mass is 258 g/mol. The minimum absolute atomic E-state index is 0.00735. The number of ether oxygens (including phenoxy) is 1. The van der Waals surface area contributed by atoms with Crippen LogP contribution in [-0.4, -0.2) is 27.5 Å². The molecule has 0 bridgehead atoms. The molecule has 1 aromatic carbocycles. The van der Waals surface area contributed by atoms with Crippen molar-refractivity contribution in [3.8, 4) is 0 Å². The van der Waals surface area contributed by atoms with Crippen LogP contribution in [0.25, 0.3) is 0 Å². The molecule has 0 radical (unpaired) electrons. The van der Waals surface area contributed by atoms with Crippen LogP contribution in [0.4, 0.5) is 0 Å². The normalized spacial score (nSPS) is 13.1. The number of hydrogen-bond donors (Lipinski definition) is 2. The average Bonchev–Trinajstić information content (AvgIpc) is 2.27. The molecule has 0 saturated heterocycles. The number of carbonyl (C=O) groups is 1. The number of esters is 1. The van der Waals surface area contributed by atoms with Gasteiger partial charge in [-0.25, -0.2) is 13.6 Å². The Morgan fingerprint density at radius 2 is 2.12 bits per heavy atom. The molecule has 94 valence electrons. The summed E-state index contributed by atoms with van der Waals surface area (Å²) in [6.07, 6.45) is 0.191. The maximum absolute atomic E-state index is 11.1. The van der Waals surface area contributed by atoms with E-state index in [0.717, 1.165) is 0 Å². The molecule has 1 atom stereocenters. The van der Waals surface area contributed by atoms with Crippen molar-refractivity contribution in [3.63, 3.8) is 0 Å². The van der Waals surface area contributed by atoms with E-state index in [2.05, 4.69) is 4.74 Å². The van der Waals surface area contributed by atoms with E-state index in [1.807, 2.05) is 0 Å². The minimum Gasteiger partial charge on any atom is -0.468 e. The van der Waals surface area contributed by atoms with E-state index in [4.69, 9.17) is 10.9 Å². The van der Waals surface area contributed by atoms with Crippen LogP contribution in [0, 0.1) is 0 Å². The molecule has 0 unspecified atom stereocenters. The third kappa shape index (κ3) is 3.81. The Balaban J connectivity index is 2.90. The van der Waals surface area contributed by atoms with Gasteiger partial charge < -0.3 is 10.5 Å². The van der Waals surface area contributed by atoms with Gasteiger partial charge >= 0.3 is 5.97 Å². The Morgan fingerprint density at radius 3 is 2.65 bits per heavy atom. The van der Waals surface area contributed by atoms with Crippen molar-refractivity contribution in [2.24, 2.45) is 10.9 Å². The second-order valence-corrected chi connectivity index (χ2v) is 5.09. The van der Waals surface area contributed by atoms with Gasteiger partial charge in [-0.15, -0.1) is 0 Å². The van der Waals surface area contributed by atoms with Crippen LogP contribution in [-0.2, 0) is 26.0 Å². The zero-order valence-corrected chi connectivity index (χ0v) is 10.1. The second-order valence-electron chi connectivity index (χ2n) is 3.53. The van der Waals surface area contributed by atoms with Crippen LogP contribution in [0.3, 0.4) is 0 Å². The van der Waals surface area contributed by atoms with Crippen molar-refractivity contribution >= 4 is 16.0 Å². The number of methoxy groups -OCH3 is 1. The summed E-state index contributed by atoms with van der Waals surface area (Å²) >= 11 is 0. The lowest BCUT2D eigenvalue weighted by Gasteiger charge is -2.09. The molecule has 6 nitrogen and oxygen atoms in total. The van der Waals surface area contributed by atoms with E-state index in [0.29, 0.717) is 5.56 Å². The molecule has 0 saturated carbocycles. The highest BCUT2D eigenvalue weighted by molar-refractivity contribution is 7.89. The van der Waals surface area contributed by atoms with Crippen LogP contribution >= 0.6 is 0 Å². The number of hydrogen-bond acceptors (Lipinski definition) is 5. The van der Waals surface area contributed by atoms with Crippen LogP contribution < -0.4 is 10.9 Å². The van der Waals surface area contributed by atoms with Crippen LogP contribution in [0.2, 0.25) is 0 Å².